The number of hydrogen-bond acceptors (Lipinski definition) is 5. The predicted molar refractivity (Wildman–Crippen MR) is 94.1 cm³/mol. The van der Waals surface area contributed by atoms with Crippen LogP contribution in [0.3, 0.4) is 0 Å². The van der Waals surface area contributed by atoms with E-state index in [4.69, 9.17) is 9.47 Å². The molecule has 1 unspecified atom stereocenters. The van der Waals surface area contributed by atoms with Gasteiger partial charge in [-0.15, -0.1) is 24.2 Å². The fraction of sp³-hybridized carbons (Fsp3) is 0.562. The van der Waals surface area contributed by atoms with Gasteiger partial charge in [-0.3, -0.25) is 4.79 Å². The lowest BCUT2D eigenvalue weighted by molar-refractivity contribution is -0.133. The first-order valence-corrected chi connectivity index (χ1v) is 8.75. The Labute approximate surface area is 147 Å². The minimum Gasteiger partial charge on any atom is -0.486 e. The Balaban J connectivity index is 0.00000192. The summed E-state index contributed by atoms with van der Waals surface area (Å²) in [5, 5.41) is 3.31. The van der Waals surface area contributed by atoms with Crippen LogP contribution in [0.25, 0.3) is 0 Å². The molecule has 0 saturated carbocycles. The summed E-state index contributed by atoms with van der Waals surface area (Å²) in [4.78, 5) is 15.4. The van der Waals surface area contributed by atoms with Gasteiger partial charge in [0.15, 0.2) is 11.5 Å². The molecule has 1 atom stereocenters. The summed E-state index contributed by atoms with van der Waals surface area (Å²) in [5.41, 5.74) is 0. The van der Waals surface area contributed by atoms with Crippen LogP contribution < -0.4 is 14.8 Å². The van der Waals surface area contributed by atoms with Gasteiger partial charge in [-0.1, -0.05) is 0 Å². The Morgan fingerprint density at radius 3 is 2.91 bits per heavy atom. The number of halogens is 1. The number of fused-ring (bicyclic) bond motifs is 1. The molecule has 0 spiro atoms. The monoisotopic (exact) mass is 358 g/mol. The second kappa shape index (κ2) is 8.66. The predicted octanol–water partition coefficient (Wildman–Crippen LogP) is 2.18. The Morgan fingerprint density at radius 2 is 2.13 bits per heavy atom. The Kier molecular flexibility index (Phi) is 6.87. The maximum Gasteiger partial charge on any atom is 0.223 e. The van der Waals surface area contributed by atoms with Crippen molar-refractivity contribution in [2.75, 3.05) is 38.6 Å². The highest BCUT2D eigenvalue weighted by Gasteiger charge is 2.22. The number of benzene rings is 1. The molecule has 1 fully saturated rings. The summed E-state index contributed by atoms with van der Waals surface area (Å²) in [6.07, 6.45) is 0.573. The van der Waals surface area contributed by atoms with Crippen molar-refractivity contribution in [3.63, 3.8) is 0 Å². The molecule has 2 aliphatic heterocycles. The zero-order valence-corrected chi connectivity index (χ0v) is 14.9. The smallest absolute Gasteiger partial charge is 0.223 e. The molecular weight excluding hydrogens is 336 g/mol. The summed E-state index contributed by atoms with van der Waals surface area (Å²) >= 11 is 1.69. The lowest BCUT2D eigenvalue weighted by atomic mass is 10.2. The SMILES string of the molecule is CC1CNCCN1C(=O)CCSc1ccc2c(c1)OCCO2.Cl. The van der Waals surface area contributed by atoms with Crippen molar-refractivity contribution in [1.82, 2.24) is 10.2 Å². The van der Waals surface area contributed by atoms with Gasteiger partial charge in [-0.25, -0.2) is 0 Å². The van der Waals surface area contributed by atoms with E-state index in [0.717, 1.165) is 41.8 Å². The number of thioether (sulfide) groups is 1. The first-order chi connectivity index (χ1) is 10.7. The number of carbonyl (C=O) groups is 1. The Hall–Kier alpha value is -1.11. The van der Waals surface area contributed by atoms with Crippen molar-refractivity contribution in [1.29, 1.82) is 0 Å². The fourth-order valence-corrected chi connectivity index (χ4v) is 3.59. The van der Waals surface area contributed by atoms with E-state index in [1.54, 1.807) is 11.8 Å². The van der Waals surface area contributed by atoms with Crippen LogP contribution in [0.1, 0.15) is 13.3 Å². The first kappa shape index (κ1) is 18.2. The number of ether oxygens (including phenoxy) is 2. The molecule has 3 rings (SSSR count). The van der Waals surface area contributed by atoms with Crippen molar-refractivity contribution in [2.45, 2.75) is 24.3 Å². The third-order valence-corrected chi connectivity index (χ3v) is 4.92. The first-order valence-electron chi connectivity index (χ1n) is 7.76. The summed E-state index contributed by atoms with van der Waals surface area (Å²) in [5.74, 6) is 2.65. The highest BCUT2D eigenvalue weighted by molar-refractivity contribution is 7.99. The molecule has 0 radical (unpaired) electrons. The van der Waals surface area contributed by atoms with Crippen molar-refractivity contribution in [2.24, 2.45) is 0 Å². The number of amides is 1. The summed E-state index contributed by atoms with van der Waals surface area (Å²) in [6, 6.07) is 6.25. The van der Waals surface area contributed by atoms with E-state index in [2.05, 4.69) is 12.2 Å². The second-order valence-electron chi connectivity index (χ2n) is 5.54. The minimum atomic E-state index is 0. The highest BCUT2D eigenvalue weighted by Crippen LogP contribution is 2.34. The van der Waals surface area contributed by atoms with Crippen LogP contribution in [0.5, 0.6) is 11.5 Å². The third kappa shape index (κ3) is 4.68. The van der Waals surface area contributed by atoms with Crippen molar-refractivity contribution < 1.29 is 14.3 Å². The molecule has 0 bridgehead atoms. The standard InChI is InChI=1S/C16H22N2O3S.ClH/c1-12-11-17-5-6-18(12)16(19)4-9-22-13-2-3-14-15(10-13)21-8-7-20-14;/h2-3,10,12,17H,4-9,11H2,1H3;1H. The van der Waals surface area contributed by atoms with Gasteiger partial charge in [0, 0.05) is 42.7 Å². The number of nitrogens with zero attached hydrogens (tertiary/aromatic N) is 1. The molecule has 1 aromatic carbocycles. The summed E-state index contributed by atoms with van der Waals surface area (Å²) < 4.78 is 11.1. The maximum absolute atomic E-state index is 12.3. The number of carbonyl (C=O) groups excluding carboxylic acids is 1. The number of nitrogens with one attached hydrogen (secondary N) is 1. The van der Waals surface area contributed by atoms with E-state index in [9.17, 15) is 4.79 Å². The van der Waals surface area contributed by atoms with Gasteiger partial charge >= 0.3 is 0 Å². The van der Waals surface area contributed by atoms with Crippen molar-refractivity contribution in [3.05, 3.63) is 18.2 Å². The van der Waals surface area contributed by atoms with E-state index in [1.807, 2.05) is 23.1 Å². The van der Waals surface area contributed by atoms with Crippen LogP contribution in [0.15, 0.2) is 23.1 Å². The molecule has 1 amide bonds. The molecule has 1 N–H and O–H groups in total. The average Bonchev–Trinajstić information content (AvgIpc) is 2.55. The highest BCUT2D eigenvalue weighted by atomic mass is 35.5. The van der Waals surface area contributed by atoms with E-state index < -0.39 is 0 Å². The zero-order valence-electron chi connectivity index (χ0n) is 13.2. The fourth-order valence-electron chi connectivity index (χ4n) is 2.72. The molecule has 7 heteroatoms. The summed E-state index contributed by atoms with van der Waals surface area (Å²) in [7, 11) is 0. The molecule has 0 aromatic heterocycles. The van der Waals surface area contributed by atoms with E-state index in [-0.39, 0.29) is 18.3 Å². The third-order valence-electron chi connectivity index (χ3n) is 3.92. The zero-order chi connectivity index (χ0) is 15.4. The Bertz CT molecular complexity index is 544. The van der Waals surface area contributed by atoms with Gasteiger partial charge in [-0.05, 0) is 25.1 Å². The van der Waals surface area contributed by atoms with Crippen molar-refractivity contribution >= 4 is 30.1 Å². The van der Waals surface area contributed by atoms with Crippen LogP contribution in [-0.4, -0.2) is 55.4 Å². The quantitative estimate of drug-likeness (QED) is 0.836. The van der Waals surface area contributed by atoms with E-state index in [1.165, 1.54) is 0 Å². The van der Waals surface area contributed by atoms with Gasteiger partial charge in [0.2, 0.25) is 5.91 Å². The average molecular weight is 359 g/mol. The van der Waals surface area contributed by atoms with Gasteiger partial charge in [0.25, 0.3) is 0 Å². The molecule has 2 aliphatic rings. The molecule has 2 heterocycles. The number of piperazine rings is 1. The van der Waals surface area contributed by atoms with Gasteiger partial charge in [0.05, 0.1) is 0 Å². The molecule has 23 heavy (non-hydrogen) atoms. The van der Waals surface area contributed by atoms with Crippen LogP contribution in [-0.2, 0) is 4.79 Å². The maximum atomic E-state index is 12.3. The van der Waals surface area contributed by atoms with Crippen LogP contribution in [0, 0.1) is 0 Å². The molecule has 5 nitrogen and oxygen atoms in total. The number of rotatable bonds is 4. The van der Waals surface area contributed by atoms with Crippen LogP contribution >= 0.6 is 24.2 Å². The normalized spacial score (nSPS) is 19.9. The molecule has 1 aromatic rings. The van der Waals surface area contributed by atoms with E-state index >= 15 is 0 Å². The summed E-state index contributed by atoms with van der Waals surface area (Å²) in [6.45, 7) is 5.90. The topological polar surface area (TPSA) is 50.8 Å². The second-order valence-corrected chi connectivity index (χ2v) is 6.71. The number of hydrogen-bond donors (Lipinski definition) is 1. The molecule has 0 aliphatic carbocycles. The molecule has 128 valence electrons. The Morgan fingerprint density at radius 1 is 1.35 bits per heavy atom. The largest absolute Gasteiger partial charge is 0.486 e. The lowest BCUT2D eigenvalue weighted by Crippen LogP contribution is -2.52. The van der Waals surface area contributed by atoms with Crippen LogP contribution in [0.4, 0.5) is 0 Å². The van der Waals surface area contributed by atoms with Crippen LogP contribution in [0.2, 0.25) is 0 Å². The van der Waals surface area contributed by atoms with Gasteiger partial charge < -0.3 is 19.7 Å². The molecule has 1 saturated heterocycles. The van der Waals surface area contributed by atoms with Crippen molar-refractivity contribution in [3.8, 4) is 11.5 Å². The minimum absolute atomic E-state index is 0. The van der Waals surface area contributed by atoms with Gasteiger partial charge in [-0.2, -0.15) is 0 Å². The lowest BCUT2D eigenvalue weighted by Gasteiger charge is -2.34. The molecular formula is C16H23ClN2O3S. The van der Waals surface area contributed by atoms with E-state index in [0.29, 0.717) is 25.7 Å². The van der Waals surface area contributed by atoms with Gasteiger partial charge in [0.1, 0.15) is 13.2 Å².